The predicted octanol–water partition coefficient (Wildman–Crippen LogP) is 2.13. The highest BCUT2D eigenvalue weighted by molar-refractivity contribution is 7.09. The Kier molecular flexibility index (Phi) is 5.22. The van der Waals surface area contributed by atoms with E-state index in [0.717, 1.165) is 0 Å². The van der Waals surface area contributed by atoms with Gasteiger partial charge in [-0.05, 0) is 0 Å². The van der Waals surface area contributed by atoms with Crippen LogP contribution in [-0.4, -0.2) is 27.6 Å². The molecule has 0 fully saturated rings. The first-order valence-electron chi connectivity index (χ1n) is 6.83. The summed E-state index contributed by atoms with van der Waals surface area (Å²) in [5.41, 5.74) is -0.507. The second-order valence-corrected chi connectivity index (χ2v) is 5.90. The van der Waals surface area contributed by atoms with E-state index in [1.165, 1.54) is 11.3 Å². The molecule has 116 valence electrons. The van der Waals surface area contributed by atoms with Gasteiger partial charge in [0.1, 0.15) is 5.01 Å². The number of thiazole rings is 1. The number of carbonyl (C=O) groups is 2. The van der Waals surface area contributed by atoms with Crippen LogP contribution in [0.1, 0.15) is 43.2 Å². The van der Waals surface area contributed by atoms with Gasteiger partial charge in [-0.2, -0.15) is 10.2 Å². The fraction of sp³-hybridized carbons (Fsp3) is 0.500. The lowest BCUT2D eigenvalue weighted by Gasteiger charge is -2.15. The molecule has 22 heavy (non-hydrogen) atoms. The molecule has 0 radical (unpaired) electrons. The molecule has 2 heterocycles. The van der Waals surface area contributed by atoms with Crippen molar-refractivity contribution >= 4 is 23.2 Å². The summed E-state index contributed by atoms with van der Waals surface area (Å²) in [7, 11) is 0. The van der Waals surface area contributed by atoms with E-state index >= 15 is 0 Å². The minimum atomic E-state index is -0.988. The molecule has 1 aromatic rings. The number of rotatable bonds is 9. The van der Waals surface area contributed by atoms with Crippen molar-refractivity contribution in [2.45, 2.75) is 43.8 Å². The van der Waals surface area contributed by atoms with Gasteiger partial charge in [0.2, 0.25) is 5.91 Å². The summed E-state index contributed by atoms with van der Waals surface area (Å²) >= 11 is 1.31. The van der Waals surface area contributed by atoms with Crippen LogP contribution in [0.25, 0.3) is 0 Å². The number of nitrogens with zero attached hydrogens (tertiary/aromatic N) is 3. The fourth-order valence-corrected chi connectivity index (χ4v) is 2.72. The molecule has 1 unspecified atom stereocenters. The molecule has 0 aromatic carbocycles. The summed E-state index contributed by atoms with van der Waals surface area (Å²) in [4.78, 5) is 27.0. The van der Waals surface area contributed by atoms with Gasteiger partial charge in [0, 0.05) is 37.3 Å². The average Bonchev–Trinajstić information content (AvgIpc) is 3.03. The Bertz CT molecular complexity index is 600. The quantitative estimate of drug-likeness (QED) is 0.680. The van der Waals surface area contributed by atoms with Gasteiger partial charge in [0.25, 0.3) is 0 Å². The number of nitrogens with one attached hydrogen (secondary N) is 1. The Balaban J connectivity index is 1.84. The zero-order chi connectivity index (χ0) is 16.0. The first-order valence-corrected chi connectivity index (χ1v) is 7.71. The number of carbonyl (C=O) groups excluding carboxylic acids is 1. The Morgan fingerprint density at radius 2 is 2.23 bits per heavy atom. The van der Waals surface area contributed by atoms with Crippen LogP contribution in [0.5, 0.6) is 0 Å². The number of hydrogen-bond donors (Lipinski definition) is 2. The van der Waals surface area contributed by atoms with Crippen LogP contribution in [-0.2, 0) is 9.59 Å². The molecule has 8 heteroatoms. The maximum atomic E-state index is 12.0. The number of aromatic nitrogens is 1. The number of terminal acetylenes is 1. The first kappa shape index (κ1) is 16.1. The molecule has 1 aliphatic heterocycles. The molecule has 0 saturated carbocycles. The highest BCUT2D eigenvalue weighted by Gasteiger charge is 2.39. The minimum absolute atomic E-state index is 0.198. The standard InChI is InChI=1S/C14H16N4O3S/c1-2-3-5-14(17-18-14)6-4-11(19)16-10(9-12(20)21)13-15-7-8-22-13/h1,7-8,10H,3-6,9H2,(H,16,19)(H,20,21). The fourth-order valence-electron chi connectivity index (χ4n) is 2.03. The lowest BCUT2D eigenvalue weighted by atomic mass is 10.0. The zero-order valence-electron chi connectivity index (χ0n) is 11.9. The molecule has 0 bridgehead atoms. The van der Waals surface area contributed by atoms with Crippen molar-refractivity contribution in [3.8, 4) is 12.3 Å². The van der Waals surface area contributed by atoms with Gasteiger partial charge >= 0.3 is 5.97 Å². The molecule has 0 saturated heterocycles. The van der Waals surface area contributed by atoms with Crippen LogP contribution in [0.15, 0.2) is 21.8 Å². The molecule has 1 aromatic heterocycles. The van der Waals surface area contributed by atoms with E-state index in [2.05, 4.69) is 26.4 Å². The van der Waals surface area contributed by atoms with Gasteiger partial charge in [-0.3, -0.25) is 9.59 Å². The Morgan fingerprint density at radius 3 is 2.77 bits per heavy atom. The van der Waals surface area contributed by atoms with Crippen LogP contribution in [0.3, 0.4) is 0 Å². The molecular weight excluding hydrogens is 304 g/mol. The number of amides is 1. The van der Waals surface area contributed by atoms with Crippen LogP contribution < -0.4 is 5.32 Å². The molecule has 7 nitrogen and oxygen atoms in total. The van der Waals surface area contributed by atoms with Crippen molar-refractivity contribution in [2.24, 2.45) is 10.2 Å². The van der Waals surface area contributed by atoms with Gasteiger partial charge in [-0.15, -0.1) is 23.7 Å². The smallest absolute Gasteiger partial charge is 0.305 e. The highest BCUT2D eigenvalue weighted by Crippen LogP contribution is 2.37. The summed E-state index contributed by atoms with van der Waals surface area (Å²) < 4.78 is 0. The number of hydrogen-bond acceptors (Lipinski definition) is 6. The number of carboxylic acid groups (broad SMARTS) is 1. The highest BCUT2D eigenvalue weighted by atomic mass is 32.1. The van der Waals surface area contributed by atoms with Gasteiger partial charge < -0.3 is 10.4 Å². The molecule has 0 aliphatic carbocycles. The van der Waals surface area contributed by atoms with Crippen LogP contribution in [0.2, 0.25) is 0 Å². The van der Waals surface area contributed by atoms with Gasteiger partial charge in [-0.1, -0.05) is 0 Å². The normalized spacial score (nSPS) is 15.8. The molecule has 1 atom stereocenters. The van der Waals surface area contributed by atoms with E-state index in [9.17, 15) is 9.59 Å². The van der Waals surface area contributed by atoms with Crippen molar-refractivity contribution in [2.75, 3.05) is 0 Å². The summed E-state index contributed by atoms with van der Waals surface area (Å²) in [5.74, 6) is 1.31. The molecular formula is C14H16N4O3S. The lowest BCUT2D eigenvalue weighted by molar-refractivity contribution is -0.137. The van der Waals surface area contributed by atoms with Gasteiger partial charge in [0.05, 0.1) is 12.5 Å². The summed E-state index contributed by atoms with van der Waals surface area (Å²) in [5, 5.41) is 21.9. The Hall–Kier alpha value is -2.27. The third-order valence-electron chi connectivity index (χ3n) is 3.27. The van der Waals surface area contributed by atoms with Crippen molar-refractivity contribution in [3.63, 3.8) is 0 Å². The van der Waals surface area contributed by atoms with Gasteiger partial charge in [-0.25, -0.2) is 4.98 Å². The third kappa shape index (κ3) is 4.63. The second kappa shape index (κ2) is 7.13. The molecule has 2 N–H and O–H groups in total. The summed E-state index contributed by atoms with van der Waals surface area (Å²) in [6.07, 6.45) is 8.51. The van der Waals surface area contributed by atoms with E-state index in [0.29, 0.717) is 24.3 Å². The second-order valence-electron chi connectivity index (χ2n) is 4.97. The Labute approximate surface area is 131 Å². The zero-order valence-corrected chi connectivity index (χ0v) is 12.7. The predicted molar refractivity (Wildman–Crippen MR) is 80.1 cm³/mol. The van der Waals surface area contributed by atoms with Crippen LogP contribution in [0, 0.1) is 12.3 Å². The van der Waals surface area contributed by atoms with Crippen molar-refractivity contribution in [3.05, 3.63) is 16.6 Å². The minimum Gasteiger partial charge on any atom is -0.481 e. The molecule has 0 spiro atoms. The van der Waals surface area contributed by atoms with E-state index in [1.54, 1.807) is 11.6 Å². The number of carboxylic acids is 1. The van der Waals surface area contributed by atoms with E-state index < -0.39 is 17.7 Å². The molecule has 1 aliphatic rings. The van der Waals surface area contributed by atoms with E-state index in [4.69, 9.17) is 11.5 Å². The molecule has 1 amide bonds. The van der Waals surface area contributed by atoms with E-state index in [-0.39, 0.29) is 18.7 Å². The summed E-state index contributed by atoms with van der Waals surface area (Å²) in [6, 6.07) is -0.611. The lowest BCUT2D eigenvalue weighted by Crippen LogP contribution is -2.31. The monoisotopic (exact) mass is 320 g/mol. The largest absolute Gasteiger partial charge is 0.481 e. The maximum absolute atomic E-state index is 12.0. The van der Waals surface area contributed by atoms with Crippen molar-refractivity contribution < 1.29 is 14.7 Å². The third-order valence-corrected chi connectivity index (χ3v) is 4.16. The van der Waals surface area contributed by atoms with Crippen LogP contribution >= 0.6 is 11.3 Å². The van der Waals surface area contributed by atoms with Crippen molar-refractivity contribution in [1.29, 1.82) is 0 Å². The summed E-state index contributed by atoms with van der Waals surface area (Å²) in [6.45, 7) is 0. The SMILES string of the molecule is C#CCCC1(CCC(=O)NC(CC(=O)O)c2nccs2)N=N1. The topological polar surface area (TPSA) is 104 Å². The molecule has 2 rings (SSSR count). The van der Waals surface area contributed by atoms with E-state index in [1.807, 2.05) is 0 Å². The van der Waals surface area contributed by atoms with Crippen molar-refractivity contribution in [1.82, 2.24) is 10.3 Å². The average molecular weight is 320 g/mol. The number of aliphatic carboxylic acids is 1. The maximum Gasteiger partial charge on any atom is 0.305 e. The first-order chi connectivity index (χ1) is 10.5. The Morgan fingerprint density at radius 1 is 1.45 bits per heavy atom. The van der Waals surface area contributed by atoms with Crippen LogP contribution in [0.4, 0.5) is 0 Å². The van der Waals surface area contributed by atoms with Gasteiger partial charge in [0.15, 0.2) is 5.66 Å².